The molecule has 1 aromatic rings. The van der Waals surface area contributed by atoms with Crippen LogP contribution in [0.5, 0.6) is 0 Å². The highest BCUT2D eigenvalue weighted by Crippen LogP contribution is 2.40. The first kappa shape index (κ1) is 21.4. The normalized spacial score (nSPS) is 28.0. The maximum absolute atomic E-state index is 13.4. The Morgan fingerprint density at radius 2 is 1.77 bits per heavy atom. The molecule has 4 rings (SSSR count). The van der Waals surface area contributed by atoms with E-state index < -0.39 is 0 Å². The Balaban J connectivity index is 1.39. The molecule has 4 atom stereocenters. The molecule has 30 heavy (non-hydrogen) atoms. The summed E-state index contributed by atoms with van der Waals surface area (Å²) in [6, 6.07) is 9.36. The number of piperidine rings is 1. The SMILES string of the molecule is CC(CNC(=O)C1CC2CCCCC2N1C(=O)c1ccccc1)CN1CCCCC1. The van der Waals surface area contributed by atoms with Gasteiger partial charge in [0.05, 0.1) is 0 Å². The lowest BCUT2D eigenvalue weighted by Crippen LogP contribution is -2.50. The summed E-state index contributed by atoms with van der Waals surface area (Å²) in [6.07, 6.45) is 9.28. The van der Waals surface area contributed by atoms with Crippen LogP contribution in [0.2, 0.25) is 0 Å². The lowest BCUT2D eigenvalue weighted by atomic mass is 9.84. The quantitative estimate of drug-likeness (QED) is 0.777. The van der Waals surface area contributed by atoms with Crippen LogP contribution in [0.1, 0.15) is 68.6 Å². The lowest BCUT2D eigenvalue weighted by Gasteiger charge is -2.34. The van der Waals surface area contributed by atoms with Gasteiger partial charge in [-0.2, -0.15) is 0 Å². The summed E-state index contributed by atoms with van der Waals surface area (Å²) in [4.78, 5) is 31.0. The van der Waals surface area contributed by atoms with Crippen LogP contribution in [-0.2, 0) is 4.79 Å². The molecular formula is C25H37N3O2. The average molecular weight is 412 g/mol. The average Bonchev–Trinajstić information content (AvgIpc) is 3.18. The molecule has 2 amide bonds. The van der Waals surface area contributed by atoms with Gasteiger partial charge in [0.2, 0.25) is 5.91 Å². The Hall–Kier alpha value is -1.88. The lowest BCUT2D eigenvalue weighted by molar-refractivity contribution is -0.125. The van der Waals surface area contributed by atoms with Gasteiger partial charge >= 0.3 is 0 Å². The van der Waals surface area contributed by atoms with E-state index in [0.717, 1.165) is 32.2 Å². The van der Waals surface area contributed by atoms with E-state index in [1.165, 1.54) is 38.8 Å². The van der Waals surface area contributed by atoms with E-state index in [1.54, 1.807) is 0 Å². The predicted molar refractivity (Wildman–Crippen MR) is 119 cm³/mol. The van der Waals surface area contributed by atoms with Crippen molar-refractivity contribution in [3.05, 3.63) is 35.9 Å². The summed E-state index contributed by atoms with van der Waals surface area (Å²) in [7, 11) is 0. The molecular weight excluding hydrogens is 374 g/mol. The van der Waals surface area contributed by atoms with Crippen molar-refractivity contribution in [2.45, 2.75) is 70.4 Å². The van der Waals surface area contributed by atoms with Crippen LogP contribution in [0.4, 0.5) is 0 Å². The van der Waals surface area contributed by atoms with E-state index in [1.807, 2.05) is 35.2 Å². The zero-order valence-electron chi connectivity index (χ0n) is 18.4. The molecule has 1 N–H and O–H groups in total. The number of benzene rings is 1. The van der Waals surface area contributed by atoms with Gasteiger partial charge in [0.25, 0.3) is 5.91 Å². The summed E-state index contributed by atoms with van der Waals surface area (Å²) in [5, 5.41) is 3.20. The Labute approximate surface area is 181 Å². The standard InChI is InChI=1S/C25H37N3O2/c1-19(18-27-14-8-3-9-15-27)17-26-24(29)23-16-21-12-6-7-13-22(21)28(23)25(30)20-10-4-2-5-11-20/h2,4-5,10-11,19,21-23H,3,6-9,12-18H2,1H3,(H,26,29). The highest BCUT2D eigenvalue weighted by atomic mass is 16.2. The molecule has 2 heterocycles. The molecule has 0 aromatic heterocycles. The highest BCUT2D eigenvalue weighted by molar-refractivity contribution is 5.98. The first-order valence-electron chi connectivity index (χ1n) is 12.0. The molecule has 0 bridgehead atoms. The number of nitrogens with one attached hydrogen (secondary N) is 1. The molecule has 164 valence electrons. The number of nitrogens with zero attached hydrogens (tertiary/aromatic N) is 2. The third kappa shape index (κ3) is 4.88. The van der Waals surface area contributed by atoms with Crippen molar-refractivity contribution >= 4 is 11.8 Å². The molecule has 0 radical (unpaired) electrons. The Bertz CT molecular complexity index is 716. The van der Waals surface area contributed by atoms with Crippen molar-refractivity contribution in [3.63, 3.8) is 0 Å². The fourth-order valence-electron chi connectivity index (χ4n) is 5.76. The molecule has 4 unspecified atom stereocenters. The number of hydrogen-bond donors (Lipinski definition) is 1. The molecule has 2 aliphatic heterocycles. The Morgan fingerprint density at radius 3 is 2.53 bits per heavy atom. The summed E-state index contributed by atoms with van der Waals surface area (Å²) < 4.78 is 0. The molecule has 3 fully saturated rings. The fraction of sp³-hybridized carbons (Fsp3) is 0.680. The summed E-state index contributed by atoms with van der Waals surface area (Å²) >= 11 is 0. The van der Waals surface area contributed by atoms with Crippen LogP contribution in [0.3, 0.4) is 0 Å². The van der Waals surface area contributed by atoms with Gasteiger partial charge in [-0.15, -0.1) is 0 Å². The van der Waals surface area contributed by atoms with Crippen molar-refractivity contribution in [2.75, 3.05) is 26.2 Å². The van der Waals surface area contributed by atoms with Crippen LogP contribution >= 0.6 is 0 Å². The second-order valence-electron chi connectivity index (χ2n) is 9.65. The molecule has 0 spiro atoms. The number of rotatable bonds is 6. The number of hydrogen-bond acceptors (Lipinski definition) is 3. The first-order valence-corrected chi connectivity index (χ1v) is 12.0. The number of carbonyl (C=O) groups is 2. The van der Waals surface area contributed by atoms with Gasteiger partial charge < -0.3 is 15.1 Å². The minimum atomic E-state index is -0.326. The van der Waals surface area contributed by atoms with E-state index in [4.69, 9.17) is 0 Å². The number of fused-ring (bicyclic) bond motifs is 1. The monoisotopic (exact) mass is 411 g/mol. The van der Waals surface area contributed by atoms with Gasteiger partial charge in [0, 0.05) is 24.7 Å². The topological polar surface area (TPSA) is 52.7 Å². The van der Waals surface area contributed by atoms with E-state index in [2.05, 4.69) is 17.1 Å². The van der Waals surface area contributed by atoms with Gasteiger partial charge in [0.1, 0.15) is 6.04 Å². The van der Waals surface area contributed by atoms with E-state index in [9.17, 15) is 9.59 Å². The number of amides is 2. The zero-order valence-corrected chi connectivity index (χ0v) is 18.4. The second-order valence-corrected chi connectivity index (χ2v) is 9.65. The summed E-state index contributed by atoms with van der Waals surface area (Å²) in [5.74, 6) is 0.952. The molecule has 1 aromatic carbocycles. The van der Waals surface area contributed by atoms with Crippen LogP contribution < -0.4 is 5.32 Å². The first-order chi connectivity index (χ1) is 14.6. The highest BCUT2D eigenvalue weighted by Gasteiger charge is 2.47. The molecule has 5 nitrogen and oxygen atoms in total. The zero-order chi connectivity index (χ0) is 20.9. The fourth-order valence-corrected chi connectivity index (χ4v) is 5.76. The van der Waals surface area contributed by atoms with E-state index in [-0.39, 0.29) is 23.9 Å². The van der Waals surface area contributed by atoms with Crippen molar-refractivity contribution < 1.29 is 9.59 Å². The minimum Gasteiger partial charge on any atom is -0.354 e. The van der Waals surface area contributed by atoms with E-state index in [0.29, 0.717) is 23.9 Å². The minimum absolute atomic E-state index is 0.0199. The van der Waals surface area contributed by atoms with Crippen LogP contribution in [-0.4, -0.2) is 59.9 Å². The van der Waals surface area contributed by atoms with Gasteiger partial charge in [-0.1, -0.05) is 44.4 Å². The van der Waals surface area contributed by atoms with E-state index >= 15 is 0 Å². The summed E-state index contributed by atoms with van der Waals surface area (Å²) in [6.45, 7) is 6.32. The third-order valence-electron chi connectivity index (χ3n) is 7.29. The molecule has 5 heteroatoms. The number of carbonyl (C=O) groups excluding carboxylic acids is 2. The molecule has 1 saturated carbocycles. The van der Waals surface area contributed by atoms with Crippen LogP contribution in [0.25, 0.3) is 0 Å². The molecule has 3 aliphatic rings. The van der Waals surface area contributed by atoms with Crippen LogP contribution in [0.15, 0.2) is 30.3 Å². The third-order valence-corrected chi connectivity index (χ3v) is 7.29. The maximum atomic E-state index is 13.4. The second kappa shape index (κ2) is 9.95. The maximum Gasteiger partial charge on any atom is 0.254 e. The van der Waals surface area contributed by atoms with Gasteiger partial charge in [-0.25, -0.2) is 0 Å². The van der Waals surface area contributed by atoms with Gasteiger partial charge in [0.15, 0.2) is 0 Å². The van der Waals surface area contributed by atoms with Crippen LogP contribution in [0, 0.1) is 11.8 Å². The number of likely N-dealkylation sites (tertiary alicyclic amines) is 2. The Kier molecular flexibility index (Phi) is 7.08. The van der Waals surface area contributed by atoms with Gasteiger partial charge in [-0.3, -0.25) is 9.59 Å². The van der Waals surface area contributed by atoms with Crippen molar-refractivity contribution in [2.24, 2.45) is 11.8 Å². The largest absolute Gasteiger partial charge is 0.354 e. The predicted octanol–water partition coefficient (Wildman–Crippen LogP) is 3.70. The smallest absolute Gasteiger partial charge is 0.254 e. The van der Waals surface area contributed by atoms with Crippen molar-refractivity contribution in [1.82, 2.24) is 15.1 Å². The summed E-state index contributed by atoms with van der Waals surface area (Å²) in [5.41, 5.74) is 0.694. The molecule has 2 saturated heterocycles. The Morgan fingerprint density at radius 1 is 1.03 bits per heavy atom. The van der Waals surface area contributed by atoms with Crippen molar-refractivity contribution in [3.8, 4) is 0 Å². The van der Waals surface area contributed by atoms with Crippen molar-refractivity contribution in [1.29, 1.82) is 0 Å². The van der Waals surface area contributed by atoms with Gasteiger partial charge in [-0.05, 0) is 69.2 Å². The molecule has 1 aliphatic carbocycles.